The van der Waals surface area contributed by atoms with E-state index in [0.29, 0.717) is 0 Å². The molecule has 0 amide bonds. The third kappa shape index (κ3) is 5.80. The standard InChI is InChI=1S/C19H34N6OS/c1-19(2,25-10-12-26-13-11-25)15-22-17(20-3)21-7-6-16-14-27-18(23-16)24-8-4-5-9-24/h14H,4-13,15H2,1-3H3,(H2,20,21,22). The van der Waals surface area contributed by atoms with Crippen molar-refractivity contribution in [1.82, 2.24) is 20.5 Å². The highest BCUT2D eigenvalue weighted by molar-refractivity contribution is 7.13. The fourth-order valence-corrected chi connectivity index (χ4v) is 4.49. The van der Waals surface area contributed by atoms with Crippen LogP contribution in [0.25, 0.3) is 0 Å². The first-order chi connectivity index (χ1) is 13.1. The van der Waals surface area contributed by atoms with Crippen LogP contribution in [0, 0.1) is 0 Å². The van der Waals surface area contributed by atoms with Crippen LogP contribution in [0.3, 0.4) is 0 Å². The number of nitrogens with zero attached hydrogens (tertiary/aromatic N) is 4. The molecule has 3 heterocycles. The van der Waals surface area contributed by atoms with Crippen molar-refractivity contribution in [2.75, 3.05) is 64.4 Å². The van der Waals surface area contributed by atoms with Crippen LogP contribution in [-0.2, 0) is 11.2 Å². The van der Waals surface area contributed by atoms with Crippen LogP contribution in [0.5, 0.6) is 0 Å². The van der Waals surface area contributed by atoms with E-state index in [9.17, 15) is 0 Å². The van der Waals surface area contributed by atoms with Crippen LogP contribution < -0.4 is 15.5 Å². The lowest BCUT2D eigenvalue weighted by atomic mass is 10.0. The lowest BCUT2D eigenvalue weighted by Gasteiger charge is -2.41. The van der Waals surface area contributed by atoms with Gasteiger partial charge in [-0.3, -0.25) is 9.89 Å². The number of aliphatic imine (C=N–C) groups is 1. The molecular formula is C19H34N6OS. The molecule has 152 valence electrons. The second-order valence-electron chi connectivity index (χ2n) is 7.83. The van der Waals surface area contributed by atoms with Gasteiger partial charge in [-0.15, -0.1) is 11.3 Å². The number of morpholine rings is 1. The molecule has 7 nitrogen and oxygen atoms in total. The summed E-state index contributed by atoms with van der Waals surface area (Å²) < 4.78 is 5.46. The molecule has 1 aromatic heterocycles. The molecule has 0 aliphatic carbocycles. The minimum absolute atomic E-state index is 0.0704. The summed E-state index contributed by atoms with van der Waals surface area (Å²) in [5, 5.41) is 10.3. The molecule has 2 N–H and O–H groups in total. The molecule has 0 saturated carbocycles. The van der Waals surface area contributed by atoms with E-state index in [2.05, 4.69) is 44.7 Å². The maximum absolute atomic E-state index is 5.46. The molecule has 1 aromatic rings. The first-order valence-corrected chi connectivity index (χ1v) is 10.9. The number of thiazole rings is 1. The van der Waals surface area contributed by atoms with Crippen LogP contribution >= 0.6 is 11.3 Å². The lowest BCUT2D eigenvalue weighted by molar-refractivity contribution is -0.00833. The third-order valence-electron chi connectivity index (χ3n) is 5.37. The molecule has 0 bridgehead atoms. The predicted octanol–water partition coefficient (Wildman–Crippen LogP) is 1.56. The number of hydrogen-bond donors (Lipinski definition) is 2. The normalized spacial score (nSPS) is 19.5. The first kappa shape index (κ1) is 20.4. The van der Waals surface area contributed by atoms with Crippen molar-refractivity contribution in [3.63, 3.8) is 0 Å². The quantitative estimate of drug-likeness (QED) is 0.541. The van der Waals surface area contributed by atoms with E-state index in [1.807, 2.05) is 7.05 Å². The zero-order valence-corrected chi connectivity index (χ0v) is 17.8. The van der Waals surface area contributed by atoms with Crippen molar-refractivity contribution in [2.24, 2.45) is 4.99 Å². The van der Waals surface area contributed by atoms with Gasteiger partial charge in [-0.25, -0.2) is 4.98 Å². The number of guanidine groups is 1. The van der Waals surface area contributed by atoms with Crippen LogP contribution in [0.1, 0.15) is 32.4 Å². The molecule has 3 rings (SSSR count). The zero-order valence-electron chi connectivity index (χ0n) is 17.0. The predicted molar refractivity (Wildman–Crippen MR) is 113 cm³/mol. The van der Waals surface area contributed by atoms with Crippen LogP contribution in [0.15, 0.2) is 10.4 Å². The summed E-state index contributed by atoms with van der Waals surface area (Å²) >= 11 is 1.77. The monoisotopic (exact) mass is 394 g/mol. The second kappa shape index (κ2) is 9.71. The topological polar surface area (TPSA) is 65.0 Å². The molecule has 2 fully saturated rings. The number of nitrogens with one attached hydrogen (secondary N) is 2. The van der Waals surface area contributed by atoms with Gasteiger partial charge in [-0.2, -0.15) is 0 Å². The van der Waals surface area contributed by atoms with Crippen molar-refractivity contribution in [1.29, 1.82) is 0 Å². The van der Waals surface area contributed by atoms with Crippen molar-refractivity contribution in [3.8, 4) is 0 Å². The maximum atomic E-state index is 5.46. The summed E-state index contributed by atoms with van der Waals surface area (Å²) in [5.74, 6) is 0.853. The molecule has 0 unspecified atom stereocenters. The number of anilines is 1. The Balaban J connectivity index is 1.40. The van der Waals surface area contributed by atoms with Crippen LogP contribution in [-0.4, -0.2) is 80.9 Å². The molecule has 0 spiro atoms. The van der Waals surface area contributed by atoms with Crippen molar-refractivity contribution < 1.29 is 4.74 Å². The van der Waals surface area contributed by atoms with Crippen molar-refractivity contribution >= 4 is 22.4 Å². The Morgan fingerprint density at radius 1 is 1.22 bits per heavy atom. The molecular weight excluding hydrogens is 360 g/mol. The summed E-state index contributed by atoms with van der Waals surface area (Å²) in [7, 11) is 1.82. The van der Waals surface area contributed by atoms with Gasteiger partial charge >= 0.3 is 0 Å². The molecule has 27 heavy (non-hydrogen) atoms. The largest absolute Gasteiger partial charge is 0.379 e. The van der Waals surface area contributed by atoms with E-state index in [1.54, 1.807) is 11.3 Å². The highest BCUT2D eigenvalue weighted by Crippen LogP contribution is 2.24. The van der Waals surface area contributed by atoms with Crippen LogP contribution in [0.4, 0.5) is 5.13 Å². The third-order valence-corrected chi connectivity index (χ3v) is 6.32. The molecule has 2 saturated heterocycles. The van der Waals surface area contributed by atoms with E-state index < -0.39 is 0 Å². The van der Waals surface area contributed by atoms with E-state index in [4.69, 9.17) is 9.72 Å². The molecule has 2 aliphatic rings. The van der Waals surface area contributed by atoms with E-state index >= 15 is 0 Å². The molecule has 8 heteroatoms. The zero-order chi connectivity index (χ0) is 19.1. The lowest BCUT2D eigenvalue weighted by Crippen LogP contribution is -2.56. The molecule has 0 atom stereocenters. The first-order valence-electron chi connectivity index (χ1n) is 10.1. The number of aromatic nitrogens is 1. The highest BCUT2D eigenvalue weighted by atomic mass is 32.1. The van der Waals surface area contributed by atoms with Gasteiger partial charge in [0.15, 0.2) is 11.1 Å². The van der Waals surface area contributed by atoms with Crippen LogP contribution in [0.2, 0.25) is 0 Å². The maximum Gasteiger partial charge on any atom is 0.191 e. The Hall–Kier alpha value is -1.38. The van der Waals surface area contributed by atoms with Crippen molar-refractivity contribution in [2.45, 2.75) is 38.6 Å². The van der Waals surface area contributed by atoms with E-state index in [1.165, 1.54) is 23.7 Å². The Labute approximate surface area is 167 Å². The fraction of sp³-hybridized carbons (Fsp3) is 0.789. The Kier molecular flexibility index (Phi) is 7.32. The molecule has 2 aliphatic heterocycles. The summed E-state index contributed by atoms with van der Waals surface area (Å²) in [6.45, 7) is 12.2. The molecule has 0 aromatic carbocycles. The van der Waals surface area contributed by atoms with Gasteiger partial charge in [0.25, 0.3) is 0 Å². The van der Waals surface area contributed by atoms with Gasteiger partial charge in [0, 0.05) is 63.7 Å². The number of rotatable bonds is 7. The van der Waals surface area contributed by atoms with Crippen molar-refractivity contribution in [3.05, 3.63) is 11.1 Å². The highest BCUT2D eigenvalue weighted by Gasteiger charge is 2.28. The minimum Gasteiger partial charge on any atom is -0.379 e. The van der Waals surface area contributed by atoms with Gasteiger partial charge in [-0.1, -0.05) is 0 Å². The Bertz CT molecular complexity index is 605. The Morgan fingerprint density at radius 3 is 2.67 bits per heavy atom. The van der Waals surface area contributed by atoms with Gasteiger partial charge in [0.05, 0.1) is 18.9 Å². The Morgan fingerprint density at radius 2 is 1.96 bits per heavy atom. The molecule has 0 radical (unpaired) electrons. The number of ether oxygens (including phenoxy) is 1. The van der Waals surface area contributed by atoms with Gasteiger partial charge in [0.2, 0.25) is 0 Å². The van der Waals surface area contributed by atoms with E-state index in [-0.39, 0.29) is 5.54 Å². The summed E-state index contributed by atoms with van der Waals surface area (Å²) in [6.07, 6.45) is 3.50. The minimum atomic E-state index is 0.0704. The van der Waals surface area contributed by atoms with E-state index in [0.717, 1.165) is 64.9 Å². The fourth-order valence-electron chi connectivity index (χ4n) is 3.57. The van der Waals surface area contributed by atoms with Gasteiger partial charge in [-0.05, 0) is 26.7 Å². The average molecular weight is 395 g/mol. The SMILES string of the molecule is CN=C(NCCc1csc(N2CCCC2)n1)NCC(C)(C)N1CCOCC1. The summed E-state index contributed by atoms with van der Waals surface area (Å²) in [4.78, 5) is 14.0. The number of hydrogen-bond acceptors (Lipinski definition) is 6. The smallest absolute Gasteiger partial charge is 0.191 e. The summed E-state index contributed by atoms with van der Waals surface area (Å²) in [5.41, 5.74) is 1.24. The van der Waals surface area contributed by atoms with Gasteiger partial charge in [0.1, 0.15) is 0 Å². The summed E-state index contributed by atoms with van der Waals surface area (Å²) in [6, 6.07) is 0. The second-order valence-corrected chi connectivity index (χ2v) is 8.67. The average Bonchev–Trinajstić information content (AvgIpc) is 3.37. The van der Waals surface area contributed by atoms with Gasteiger partial charge < -0.3 is 20.3 Å².